The van der Waals surface area contributed by atoms with Crippen molar-refractivity contribution < 1.29 is 19.1 Å². The van der Waals surface area contributed by atoms with Gasteiger partial charge in [-0.25, -0.2) is 4.79 Å². The van der Waals surface area contributed by atoms with E-state index < -0.39 is 11.9 Å². The molecule has 210 valence electrons. The Bertz CT molecular complexity index is 1530. The number of nitrogens with one attached hydrogen (secondary N) is 1. The van der Waals surface area contributed by atoms with Crippen LogP contribution in [0.3, 0.4) is 0 Å². The number of anilines is 2. The van der Waals surface area contributed by atoms with Crippen molar-refractivity contribution in [2.75, 3.05) is 63.6 Å². The van der Waals surface area contributed by atoms with Gasteiger partial charge < -0.3 is 19.9 Å². The summed E-state index contributed by atoms with van der Waals surface area (Å²) in [6, 6.07) is 20.7. The predicted octanol–water partition coefficient (Wildman–Crippen LogP) is 3.47. The average Bonchev–Trinajstić information content (AvgIpc) is 3.56. The van der Waals surface area contributed by atoms with E-state index in [-0.39, 0.29) is 11.8 Å². The van der Waals surface area contributed by atoms with Gasteiger partial charge in [-0.3, -0.25) is 19.5 Å². The topological polar surface area (TPSA) is 94.5 Å². The fourth-order valence-electron chi connectivity index (χ4n) is 5.82. The number of esters is 1. The van der Waals surface area contributed by atoms with Crippen LogP contribution in [0.1, 0.15) is 33.0 Å². The second-order valence-electron chi connectivity index (χ2n) is 10.8. The zero-order chi connectivity index (χ0) is 28.5. The van der Waals surface area contributed by atoms with Crippen molar-refractivity contribution in [3.8, 4) is 0 Å². The highest BCUT2D eigenvalue weighted by Crippen LogP contribution is 2.38. The number of carbonyl (C=O) groups is 3. The van der Waals surface area contributed by atoms with Gasteiger partial charge in [0.2, 0.25) is 11.8 Å². The summed E-state index contributed by atoms with van der Waals surface area (Å²) < 4.78 is 4.84. The van der Waals surface area contributed by atoms with Crippen molar-refractivity contribution in [2.24, 2.45) is 4.99 Å². The first-order valence-corrected chi connectivity index (χ1v) is 13.9. The predicted molar refractivity (Wildman–Crippen MR) is 158 cm³/mol. The third kappa shape index (κ3) is 5.38. The van der Waals surface area contributed by atoms with Crippen LogP contribution in [-0.2, 0) is 20.7 Å². The number of rotatable bonds is 6. The van der Waals surface area contributed by atoms with Crippen molar-refractivity contribution in [2.45, 2.75) is 12.3 Å². The molecule has 9 heteroatoms. The van der Waals surface area contributed by atoms with Gasteiger partial charge in [0.05, 0.1) is 30.6 Å². The lowest BCUT2D eigenvalue weighted by molar-refractivity contribution is -0.120. The first-order valence-electron chi connectivity index (χ1n) is 13.9. The number of piperazine rings is 1. The zero-order valence-corrected chi connectivity index (χ0v) is 23.3. The smallest absolute Gasteiger partial charge is 0.337 e. The number of methoxy groups -OCH3 is 1. The maximum atomic E-state index is 13.3. The Morgan fingerprint density at radius 1 is 0.951 bits per heavy atom. The number of fused-ring (bicyclic) bond motifs is 2. The van der Waals surface area contributed by atoms with Crippen LogP contribution in [0, 0.1) is 0 Å². The highest BCUT2D eigenvalue weighted by atomic mass is 16.5. The van der Waals surface area contributed by atoms with Gasteiger partial charge in [-0.1, -0.05) is 36.4 Å². The Balaban J connectivity index is 1.30. The van der Waals surface area contributed by atoms with E-state index in [0.29, 0.717) is 30.1 Å². The van der Waals surface area contributed by atoms with Gasteiger partial charge in [-0.05, 0) is 60.5 Å². The third-order valence-corrected chi connectivity index (χ3v) is 8.11. The molecule has 3 aromatic carbocycles. The standard InChI is InChI=1S/C32H33N5O4/c1-35-14-16-36(17-15-35)20-28(38)37-13-12-22-18-24(9-11-27(22)37)33-30(21-6-4-3-5-7-21)29-25-10-8-23(32(40)41-2)19-26(25)34-31(29)39/h3-11,18-19,29H,12-17,20H2,1-2H3,(H,34,39). The minimum Gasteiger partial charge on any atom is -0.465 e. The van der Waals surface area contributed by atoms with Gasteiger partial charge in [0.1, 0.15) is 5.92 Å². The minimum absolute atomic E-state index is 0.125. The second-order valence-corrected chi connectivity index (χ2v) is 10.8. The number of carbonyl (C=O) groups excluding carboxylic acids is 3. The molecule has 1 atom stereocenters. The van der Waals surface area contributed by atoms with E-state index in [1.807, 2.05) is 53.4 Å². The Kier molecular flexibility index (Phi) is 7.38. The summed E-state index contributed by atoms with van der Waals surface area (Å²) in [7, 11) is 3.44. The van der Waals surface area contributed by atoms with Gasteiger partial charge in [-0.2, -0.15) is 0 Å². The molecular weight excluding hydrogens is 518 g/mol. The highest BCUT2D eigenvalue weighted by Gasteiger charge is 2.36. The molecule has 0 aromatic heterocycles. The maximum Gasteiger partial charge on any atom is 0.337 e. The van der Waals surface area contributed by atoms with Gasteiger partial charge in [0.15, 0.2) is 0 Å². The Labute approximate surface area is 239 Å². The van der Waals surface area contributed by atoms with E-state index in [9.17, 15) is 14.4 Å². The van der Waals surface area contributed by atoms with Crippen LogP contribution in [0.5, 0.6) is 0 Å². The van der Waals surface area contributed by atoms with Crippen molar-refractivity contribution in [1.29, 1.82) is 0 Å². The van der Waals surface area contributed by atoms with Crippen LogP contribution in [0.2, 0.25) is 0 Å². The number of aliphatic imine (C=N–C) groups is 1. The fraction of sp³-hybridized carbons (Fsp3) is 0.312. The number of likely N-dealkylation sites (N-methyl/N-ethyl adjacent to an activating group) is 1. The van der Waals surface area contributed by atoms with E-state index in [0.717, 1.165) is 60.7 Å². The number of hydrogen-bond donors (Lipinski definition) is 1. The van der Waals surface area contributed by atoms with E-state index in [1.165, 1.54) is 7.11 Å². The number of amides is 2. The average molecular weight is 552 g/mol. The van der Waals surface area contributed by atoms with E-state index in [1.54, 1.807) is 18.2 Å². The lowest BCUT2D eigenvalue weighted by Crippen LogP contribution is -2.48. The minimum atomic E-state index is -0.644. The zero-order valence-electron chi connectivity index (χ0n) is 23.3. The SMILES string of the molecule is COC(=O)c1ccc2c(c1)NC(=O)C2C(=Nc1ccc2c(c1)CCN2C(=O)CN1CCN(C)CC1)c1ccccc1. The molecule has 3 aromatic rings. The molecule has 0 spiro atoms. The summed E-state index contributed by atoms with van der Waals surface area (Å²) in [5.41, 5.74) is 5.89. The maximum absolute atomic E-state index is 13.3. The van der Waals surface area contributed by atoms with Crippen LogP contribution >= 0.6 is 0 Å². The monoisotopic (exact) mass is 551 g/mol. The molecule has 1 saturated heterocycles. The second kappa shape index (κ2) is 11.3. The van der Waals surface area contributed by atoms with Gasteiger partial charge in [0.25, 0.3) is 0 Å². The quantitative estimate of drug-likeness (QED) is 0.373. The largest absolute Gasteiger partial charge is 0.465 e. The summed E-state index contributed by atoms with van der Waals surface area (Å²) in [4.78, 5) is 50.0. The molecule has 1 fully saturated rings. The van der Waals surface area contributed by atoms with Crippen LogP contribution in [0.4, 0.5) is 17.1 Å². The molecule has 3 aliphatic rings. The lowest BCUT2D eigenvalue weighted by Gasteiger charge is -2.32. The van der Waals surface area contributed by atoms with Crippen molar-refractivity contribution in [3.63, 3.8) is 0 Å². The van der Waals surface area contributed by atoms with Crippen LogP contribution in [0.15, 0.2) is 71.7 Å². The molecule has 1 unspecified atom stereocenters. The van der Waals surface area contributed by atoms with Gasteiger partial charge >= 0.3 is 5.97 Å². The lowest BCUT2D eigenvalue weighted by atomic mass is 9.90. The molecule has 9 nitrogen and oxygen atoms in total. The fourth-order valence-corrected chi connectivity index (χ4v) is 5.82. The van der Waals surface area contributed by atoms with Crippen LogP contribution in [0.25, 0.3) is 0 Å². The molecule has 1 N–H and O–H groups in total. The highest BCUT2D eigenvalue weighted by molar-refractivity contribution is 6.24. The van der Waals surface area contributed by atoms with Crippen molar-refractivity contribution in [1.82, 2.24) is 9.80 Å². The molecule has 6 rings (SSSR count). The first-order chi connectivity index (χ1) is 19.9. The van der Waals surface area contributed by atoms with Crippen LogP contribution < -0.4 is 10.2 Å². The van der Waals surface area contributed by atoms with E-state index >= 15 is 0 Å². The Hall–Kier alpha value is -4.34. The Morgan fingerprint density at radius 3 is 2.49 bits per heavy atom. The van der Waals surface area contributed by atoms with Crippen molar-refractivity contribution in [3.05, 3.63) is 89.0 Å². The molecule has 2 amide bonds. The third-order valence-electron chi connectivity index (χ3n) is 8.11. The molecule has 0 bridgehead atoms. The molecule has 3 aliphatic heterocycles. The number of ether oxygens (including phenoxy) is 1. The number of hydrogen-bond acceptors (Lipinski definition) is 7. The number of benzene rings is 3. The molecule has 41 heavy (non-hydrogen) atoms. The summed E-state index contributed by atoms with van der Waals surface area (Å²) in [5.74, 6) is -1.18. The summed E-state index contributed by atoms with van der Waals surface area (Å²) >= 11 is 0. The van der Waals surface area contributed by atoms with Crippen molar-refractivity contribution >= 4 is 40.6 Å². The number of nitrogens with zero attached hydrogens (tertiary/aromatic N) is 4. The van der Waals surface area contributed by atoms with Gasteiger partial charge in [-0.15, -0.1) is 0 Å². The van der Waals surface area contributed by atoms with Gasteiger partial charge in [0, 0.05) is 44.1 Å². The van der Waals surface area contributed by atoms with Crippen LogP contribution in [-0.4, -0.2) is 86.7 Å². The molecule has 0 radical (unpaired) electrons. The first kappa shape index (κ1) is 26.9. The summed E-state index contributed by atoms with van der Waals surface area (Å²) in [6.07, 6.45) is 0.761. The molecule has 3 heterocycles. The van der Waals surface area contributed by atoms with E-state index in [2.05, 4.69) is 22.2 Å². The molecule has 0 saturated carbocycles. The normalized spacial score (nSPS) is 19.1. The molecule has 0 aliphatic carbocycles. The summed E-state index contributed by atoms with van der Waals surface area (Å²) in [6.45, 7) is 4.85. The molecular formula is C32H33N5O4. The Morgan fingerprint density at radius 2 is 1.73 bits per heavy atom. The summed E-state index contributed by atoms with van der Waals surface area (Å²) in [5, 5.41) is 2.92. The van der Waals surface area contributed by atoms with E-state index in [4.69, 9.17) is 9.73 Å².